The summed E-state index contributed by atoms with van der Waals surface area (Å²) >= 11 is 0. The minimum Gasteiger partial charge on any atom is -0.422 e. The van der Waals surface area contributed by atoms with Crippen LogP contribution in [0.5, 0.6) is 0 Å². The molecular formula is C27H26N2O4. The van der Waals surface area contributed by atoms with E-state index in [4.69, 9.17) is 4.74 Å². The Balaban J connectivity index is 1.65. The first-order chi connectivity index (χ1) is 15.5. The Bertz CT molecular complexity index is 1300. The maximum absolute atomic E-state index is 12.5. The molecule has 3 aromatic rings. The van der Waals surface area contributed by atoms with E-state index < -0.39 is 4.92 Å². The number of cyclic esters (lactones) is 1. The number of nitro benzene ring substituents is 1. The molecule has 4 rings (SSSR count). The molecule has 0 saturated heterocycles. The van der Waals surface area contributed by atoms with Gasteiger partial charge in [0.15, 0.2) is 0 Å². The molecule has 6 nitrogen and oxygen atoms in total. The predicted octanol–water partition coefficient (Wildman–Crippen LogP) is 6.28. The molecule has 0 amide bonds. The van der Waals surface area contributed by atoms with Crippen molar-refractivity contribution in [2.75, 3.05) is 0 Å². The second-order valence-electron chi connectivity index (χ2n) is 9.26. The average Bonchev–Trinajstić information content (AvgIpc) is 3.26. The van der Waals surface area contributed by atoms with E-state index in [0.717, 1.165) is 28.2 Å². The molecule has 0 radical (unpaired) electrons. The summed E-state index contributed by atoms with van der Waals surface area (Å²) in [5, 5.41) is 10.9. The number of nitro groups is 1. The number of rotatable bonds is 4. The molecule has 0 N–H and O–H groups in total. The van der Waals surface area contributed by atoms with Gasteiger partial charge in [-0.2, -0.15) is 0 Å². The number of esters is 1. The van der Waals surface area contributed by atoms with Crippen LogP contribution in [0.2, 0.25) is 0 Å². The van der Waals surface area contributed by atoms with Crippen molar-refractivity contribution >= 4 is 23.5 Å². The quantitative estimate of drug-likeness (QED) is 0.206. The van der Waals surface area contributed by atoms with Crippen LogP contribution < -0.4 is 0 Å². The summed E-state index contributed by atoms with van der Waals surface area (Å²) in [7, 11) is 0. The van der Waals surface area contributed by atoms with Crippen molar-refractivity contribution in [2.24, 2.45) is 0 Å². The Morgan fingerprint density at radius 2 is 1.64 bits per heavy atom. The topological polar surface area (TPSA) is 74.4 Å². The van der Waals surface area contributed by atoms with E-state index in [0.29, 0.717) is 11.3 Å². The van der Waals surface area contributed by atoms with Crippen molar-refractivity contribution in [2.45, 2.75) is 40.0 Å². The number of non-ortho nitro benzene ring substituents is 1. The highest BCUT2D eigenvalue weighted by Crippen LogP contribution is 2.31. The van der Waals surface area contributed by atoms with Crippen molar-refractivity contribution in [3.63, 3.8) is 0 Å². The van der Waals surface area contributed by atoms with Crippen LogP contribution >= 0.6 is 0 Å². The van der Waals surface area contributed by atoms with Crippen LogP contribution in [0.1, 0.15) is 48.8 Å². The third-order valence-corrected chi connectivity index (χ3v) is 5.86. The number of benzene rings is 2. The molecule has 33 heavy (non-hydrogen) atoms. The molecule has 1 aromatic heterocycles. The van der Waals surface area contributed by atoms with Gasteiger partial charge < -0.3 is 9.30 Å². The Hall–Kier alpha value is -3.93. The molecule has 1 aliphatic rings. The third-order valence-electron chi connectivity index (χ3n) is 5.86. The Labute approximate surface area is 193 Å². The fourth-order valence-electron chi connectivity index (χ4n) is 3.99. The van der Waals surface area contributed by atoms with Gasteiger partial charge in [0.2, 0.25) is 0 Å². The molecule has 2 heterocycles. The number of aromatic nitrogens is 1. The van der Waals surface area contributed by atoms with E-state index in [9.17, 15) is 14.9 Å². The van der Waals surface area contributed by atoms with Crippen molar-refractivity contribution in [3.05, 3.63) is 104 Å². The Morgan fingerprint density at radius 1 is 1.00 bits per heavy atom. The van der Waals surface area contributed by atoms with Crippen LogP contribution in [0.3, 0.4) is 0 Å². The number of carbonyl (C=O) groups excluding carboxylic acids is 1. The molecule has 0 fully saturated rings. The number of aryl methyl sites for hydroxylation is 1. The van der Waals surface area contributed by atoms with Gasteiger partial charge in [-0.25, -0.2) is 4.79 Å². The summed E-state index contributed by atoms with van der Waals surface area (Å²) in [5.41, 5.74) is 6.25. The fourth-order valence-corrected chi connectivity index (χ4v) is 3.99. The summed E-state index contributed by atoms with van der Waals surface area (Å²) in [6.45, 7) is 10.4. The molecule has 0 atom stereocenters. The standard InChI is InChI=1S/C27H26N2O4/c1-17-14-20(18(2)28(17)23-10-12-24(13-11-23)29(31)32)15-21-16-25(33-26(21)30)19-6-8-22(9-7-19)27(3,4)5/h6-16H,1-5H3/b21-15+. The third kappa shape index (κ3) is 4.37. The minimum absolute atomic E-state index is 0.0467. The normalized spacial score (nSPS) is 15.0. The lowest BCUT2D eigenvalue weighted by molar-refractivity contribution is -0.384. The monoisotopic (exact) mass is 442 g/mol. The van der Waals surface area contributed by atoms with Crippen molar-refractivity contribution < 1.29 is 14.5 Å². The number of nitrogens with zero attached hydrogens (tertiary/aromatic N) is 2. The molecule has 1 aliphatic heterocycles. The second-order valence-corrected chi connectivity index (χ2v) is 9.26. The van der Waals surface area contributed by atoms with Crippen LogP contribution in [0, 0.1) is 24.0 Å². The van der Waals surface area contributed by atoms with Gasteiger partial charge in [0.1, 0.15) is 5.76 Å². The van der Waals surface area contributed by atoms with Crippen LogP contribution in [0.25, 0.3) is 17.5 Å². The first-order valence-corrected chi connectivity index (χ1v) is 10.7. The molecule has 0 spiro atoms. The zero-order chi connectivity index (χ0) is 23.9. The van der Waals surface area contributed by atoms with E-state index in [2.05, 4.69) is 32.9 Å². The van der Waals surface area contributed by atoms with Crippen LogP contribution in [0.4, 0.5) is 5.69 Å². The van der Waals surface area contributed by atoms with Gasteiger partial charge in [0, 0.05) is 34.8 Å². The first-order valence-electron chi connectivity index (χ1n) is 10.7. The largest absolute Gasteiger partial charge is 0.422 e. The van der Waals surface area contributed by atoms with Crippen LogP contribution in [-0.2, 0) is 14.9 Å². The number of hydrogen-bond donors (Lipinski definition) is 0. The molecule has 0 unspecified atom stereocenters. The lowest BCUT2D eigenvalue weighted by Gasteiger charge is -2.19. The summed E-state index contributed by atoms with van der Waals surface area (Å²) < 4.78 is 7.54. The highest BCUT2D eigenvalue weighted by atomic mass is 16.6. The Kier molecular flexibility index (Phi) is 5.54. The SMILES string of the molecule is Cc1cc(/C=C2\C=C(c3ccc(C(C)(C)C)cc3)OC2=O)c(C)n1-c1ccc([N+](=O)[O-])cc1. The number of carbonyl (C=O) groups is 1. The lowest BCUT2D eigenvalue weighted by Crippen LogP contribution is -2.10. The maximum atomic E-state index is 12.5. The summed E-state index contributed by atoms with van der Waals surface area (Å²) in [4.78, 5) is 23.1. The van der Waals surface area contributed by atoms with Gasteiger partial charge in [-0.1, -0.05) is 45.0 Å². The summed E-state index contributed by atoms with van der Waals surface area (Å²) in [6, 6.07) is 16.5. The molecular weight excluding hydrogens is 416 g/mol. The highest BCUT2D eigenvalue weighted by Gasteiger charge is 2.23. The average molecular weight is 443 g/mol. The number of hydrogen-bond acceptors (Lipinski definition) is 4. The number of ether oxygens (including phenoxy) is 1. The van der Waals surface area contributed by atoms with Crippen LogP contribution in [-0.4, -0.2) is 15.5 Å². The van der Waals surface area contributed by atoms with Gasteiger partial charge in [0.05, 0.1) is 10.5 Å². The Morgan fingerprint density at radius 3 is 2.21 bits per heavy atom. The maximum Gasteiger partial charge on any atom is 0.343 e. The molecule has 0 saturated carbocycles. The van der Waals surface area contributed by atoms with Gasteiger partial charge in [-0.15, -0.1) is 0 Å². The first kappa shape index (κ1) is 22.3. The van der Waals surface area contributed by atoms with Gasteiger partial charge >= 0.3 is 5.97 Å². The summed E-state index contributed by atoms with van der Waals surface area (Å²) in [6.07, 6.45) is 3.59. The van der Waals surface area contributed by atoms with E-state index in [1.54, 1.807) is 18.2 Å². The van der Waals surface area contributed by atoms with Gasteiger partial charge in [0.25, 0.3) is 5.69 Å². The van der Waals surface area contributed by atoms with Gasteiger partial charge in [-0.05, 0) is 60.7 Å². The molecule has 0 aliphatic carbocycles. The minimum atomic E-state index is -0.415. The van der Waals surface area contributed by atoms with Crippen molar-refractivity contribution in [3.8, 4) is 5.69 Å². The van der Waals surface area contributed by atoms with Gasteiger partial charge in [-0.3, -0.25) is 10.1 Å². The smallest absolute Gasteiger partial charge is 0.343 e. The van der Waals surface area contributed by atoms with Crippen molar-refractivity contribution in [1.82, 2.24) is 4.57 Å². The summed E-state index contributed by atoms with van der Waals surface area (Å²) in [5.74, 6) is 0.154. The molecule has 168 valence electrons. The van der Waals surface area contributed by atoms with E-state index in [-0.39, 0.29) is 17.1 Å². The fraction of sp³-hybridized carbons (Fsp3) is 0.222. The van der Waals surface area contributed by atoms with Crippen LogP contribution in [0.15, 0.2) is 66.2 Å². The zero-order valence-electron chi connectivity index (χ0n) is 19.4. The second kappa shape index (κ2) is 8.20. The van der Waals surface area contributed by atoms with E-state index >= 15 is 0 Å². The zero-order valence-corrected chi connectivity index (χ0v) is 19.4. The molecule has 2 aromatic carbocycles. The van der Waals surface area contributed by atoms with E-state index in [1.165, 1.54) is 17.7 Å². The lowest BCUT2D eigenvalue weighted by atomic mass is 9.86. The molecule has 6 heteroatoms. The predicted molar refractivity (Wildman–Crippen MR) is 129 cm³/mol. The highest BCUT2D eigenvalue weighted by molar-refractivity contribution is 6.05. The van der Waals surface area contributed by atoms with Crippen molar-refractivity contribution in [1.29, 1.82) is 0 Å². The molecule has 0 bridgehead atoms. The van der Waals surface area contributed by atoms with E-state index in [1.807, 2.05) is 42.7 Å².